The standard InChI is InChI=1S/C13H16N4O3/c1-2-6-16-7-5-11(18)17(13(16)19)8-10-14-12(20-15-10)9-3-4-9/h5,7,9H,2-4,6,8H2,1H3. The van der Waals surface area contributed by atoms with Crippen LogP contribution < -0.4 is 11.2 Å². The molecule has 1 fully saturated rings. The topological polar surface area (TPSA) is 82.9 Å². The number of hydrogen-bond acceptors (Lipinski definition) is 5. The van der Waals surface area contributed by atoms with Crippen molar-refractivity contribution in [2.24, 2.45) is 0 Å². The summed E-state index contributed by atoms with van der Waals surface area (Å²) in [6, 6.07) is 1.39. The van der Waals surface area contributed by atoms with E-state index in [0.29, 0.717) is 24.2 Å². The molecular weight excluding hydrogens is 260 g/mol. The molecule has 7 nitrogen and oxygen atoms in total. The quantitative estimate of drug-likeness (QED) is 0.804. The van der Waals surface area contributed by atoms with Gasteiger partial charge in [0, 0.05) is 24.7 Å². The molecule has 106 valence electrons. The third-order valence-corrected chi connectivity index (χ3v) is 3.31. The minimum absolute atomic E-state index is 0.0540. The zero-order valence-corrected chi connectivity index (χ0v) is 11.3. The summed E-state index contributed by atoms with van der Waals surface area (Å²) >= 11 is 0. The summed E-state index contributed by atoms with van der Waals surface area (Å²) in [5.41, 5.74) is -0.683. The van der Waals surface area contributed by atoms with E-state index in [1.165, 1.54) is 16.8 Å². The Morgan fingerprint density at radius 2 is 2.20 bits per heavy atom. The monoisotopic (exact) mass is 276 g/mol. The largest absolute Gasteiger partial charge is 0.339 e. The normalized spacial score (nSPS) is 14.7. The van der Waals surface area contributed by atoms with Crippen LogP contribution in [0, 0.1) is 0 Å². The Balaban J connectivity index is 1.90. The molecule has 1 saturated carbocycles. The van der Waals surface area contributed by atoms with Gasteiger partial charge < -0.3 is 9.09 Å². The third-order valence-electron chi connectivity index (χ3n) is 3.31. The fourth-order valence-corrected chi connectivity index (χ4v) is 2.08. The number of nitrogens with zero attached hydrogens (tertiary/aromatic N) is 4. The van der Waals surface area contributed by atoms with E-state index in [2.05, 4.69) is 10.1 Å². The van der Waals surface area contributed by atoms with E-state index in [0.717, 1.165) is 23.8 Å². The van der Waals surface area contributed by atoms with Crippen LogP contribution in [0.5, 0.6) is 0 Å². The lowest BCUT2D eigenvalue weighted by molar-refractivity contribution is 0.372. The molecule has 1 aliphatic carbocycles. The maximum Gasteiger partial charge on any atom is 0.331 e. The smallest absolute Gasteiger partial charge is 0.331 e. The van der Waals surface area contributed by atoms with E-state index in [9.17, 15) is 9.59 Å². The zero-order chi connectivity index (χ0) is 14.1. The Hall–Kier alpha value is -2.18. The van der Waals surface area contributed by atoms with Crippen molar-refractivity contribution in [3.8, 4) is 0 Å². The van der Waals surface area contributed by atoms with Crippen LogP contribution in [0.4, 0.5) is 0 Å². The van der Waals surface area contributed by atoms with Gasteiger partial charge >= 0.3 is 5.69 Å². The van der Waals surface area contributed by atoms with Gasteiger partial charge in [0.15, 0.2) is 5.82 Å². The van der Waals surface area contributed by atoms with Crippen molar-refractivity contribution in [3.05, 3.63) is 44.8 Å². The molecule has 2 heterocycles. The molecule has 0 radical (unpaired) electrons. The van der Waals surface area contributed by atoms with E-state index in [1.54, 1.807) is 0 Å². The maximum absolute atomic E-state index is 12.2. The van der Waals surface area contributed by atoms with E-state index in [1.807, 2.05) is 6.92 Å². The Morgan fingerprint density at radius 3 is 2.90 bits per heavy atom. The second kappa shape index (κ2) is 5.07. The minimum Gasteiger partial charge on any atom is -0.339 e. The van der Waals surface area contributed by atoms with Crippen LogP contribution in [0.1, 0.15) is 43.8 Å². The van der Waals surface area contributed by atoms with Crippen molar-refractivity contribution in [2.75, 3.05) is 0 Å². The molecule has 7 heteroatoms. The summed E-state index contributed by atoms with van der Waals surface area (Å²) in [4.78, 5) is 28.2. The lowest BCUT2D eigenvalue weighted by Crippen LogP contribution is -2.39. The average Bonchev–Trinajstić information content (AvgIpc) is 3.18. The van der Waals surface area contributed by atoms with Crippen LogP contribution >= 0.6 is 0 Å². The Morgan fingerprint density at radius 1 is 1.40 bits per heavy atom. The molecule has 0 amide bonds. The van der Waals surface area contributed by atoms with Crippen molar-refractivity contribution < 1.29 is 4.52 Å². The Kier molecular flexibility index (Phi) is 3.25. The molecule has 0 aromatic carbocycles. The highest BCUT2D eigenvalue weighted by Crippen LogP contribution is 2.38. The van der Waals surface area contributed by atoms with Gasteiger partial charge in [0.2, 0.25) is 5.89 Å². The number of aryl methyl sites for hydroxylation is 1. The summed E-state index contributed by atoms with van der Waals surface area (Å²) in [6.45, 7) is 2.61. The van der Waals surface area contributed by atoms with Gasteiger partial charge in [-0.05, 0) is 19.3 Å². The lowest BCUT2D eigenvalue weighted by Gasteiger charge is -2.06. The van der Waals surface area contributed by atoms with Crippen LogP contribution in [0.25, 0.3) is 0 Å². The highest BCUT2D eigenvalue weighted by molar-refractivity contribution is 5.02. The Labute approximate surface area is 114 Å². The SMILES string of the molecule is CCCn1ccc(=O)n(Cc2noc(C3CC3)n2)c1=O. The summed E-state index contributed by atoms with van der Waals surface area (Å²) in [6.07, 6.45) is 4.48. The van der Waals surface area contributed by atoms with Crippen molar-refractivity contribution in [2.45, 2.75) is 45.2 Å². The first kappa shape index (κ1) is 12.8. The van der Waals surface area contributed by atoms with Gasteiger partial charge in [0.25, 0.3) is 5.56 Å². The van der Waals surface area contributed by atoms with E-state index < -0.39 is 0 Å². The average molecular weight is 276 g/mol. The molecule has 0 atom stereocenters. The Bertz CT molecular complexity index is 724. The molecule has 2 aromatic rings. The number of aromatic nitrogens is 4. The molecule has 1 aliphatic rings. The predicted molar refractivity (Wildman–Crippen MR) is 70.6 cm³/mol. The summed E-state index contributed by atoms with van der Waals surface area (Å²) in [7, 11) is 0. The second-order valence-electron chi connectivity index (χ2n) is 5.04. The van der Waals surface area contributed by atoms with Crippen molar-refractivity contribution in [3.63, 3.8) is 0 Å². The molecule has 0 unspecified atom stereocenters. The molecule has 3 rings (SSSR count). The van der Waals surface area contributed by atoms with Gasteiger partial charge in [-0.3, -0.25) is 9.36 Å². The van der Waals surface area contributed by atoms with Crippen LogP contribution in [-0.4, -0.2) is 19.3 Å². The van der Waals surface area contributed by atoms with Gasteiger partial charge in [0.1, 0.15) is 0 Å². The fourth-order valence-electron chi connectivity index (χ4n) is 2.08. The molecule has 0 saturated heterocycles. The molecule has 0 aliphatic heterocycles. The van der Waals surface area contributed by atoms with Crippen LogP contribution in [0.2, 0.25) is 0 Å². The van der Waals surface area contributed by atoms with Crippen molar-refractivity contribution in [1.82, 2.24) is 19.3 Å². The van der Waals surface area contributed by atoms with Gasteiger partial charge in [0.05, 0.1) is 6.54 Å². The first-order chi connectivity index (χ1) is 9.69. The zero-order valence-electron chi connectivity index (χ0n) is 11.3. The van der Waals surface area contributed by atoms with E-state index in [-0.39, 0.29) is 17.8 Å². The van der Waals surface area contributed by atoms with Gasteiger partial charge in [-0.25, -0.2) is 4.79 Å². The van der Waals surface area contributed by atoms with Crippen molar-refractivity contribution in [1.29, 1.82) is 0 Å². The number of hydrogen-bond donors (Lipinski definition) is 0. The van der Waals surface area contributed by atoms with Gasteiger partial charge in [-0.15, -0.1) is 0 Å². The third kappa shape index (κ3) is 2.43. The molecular formula is C13H16N4O3. The first-order valence-corrected chi connectivity index (χ1v) is 6.82. The molecule has 0 bridgehead atoms. The van der Waals surface area contributed by atoms with Gasteiger partial charge in [-0.2, -0.15) is 4.98 Å². The molecule has 2 aromatic heterocycles. The van der Waals surface area contributed by atoms with Gasteiger partial charge in [-0.1, -0.05) is 12.1 Å². The highest BCUT2D eigenvalue weighted by Gasteiger charge is 2.29. The van der Waals surface area contributed by atoms with E-state index >= 15 is 0 Å². The molecule has 20 heavy (non-hydrogen) atoms. The summed E-state index contributed by atoms with van der Waals surface area (Å²) in [5.74, 6) is 1.35. The summed E-state index contributed by atoms with van der Waals surface area (Å²) < 4.78 is 7.79. The number of rotatable bonds is 5. The van der Waals surface area contributed by atoms with Crippen molar-refractivity contribution >= 4 is 0 Å². The minimum atomic E-state index is -0.347. The van der Waals surface area contributed by atoms with Crippen LogP contribution in [0.3, 0.4) is 0 Å². The predicted octanol–water partition coefficient (Wildman–Crippen LogP) is 0.729. The highest BCUT2D eigenvalue weighted by atomic mass is 16.5. The lowest BCUT2D eigenvalue weighted by atomic mass is 10.4. The van der Waals surface area contributed by atoms with Crippen LogP contribution in [-0.2, 0) is 13.1 Å². The fraction of sp³-hybridized carbons (Fsp3) is 0.538. The first-order valence-electron chi connectivity index (χ1n) is 6.82. The second-order valence-corrected chi connectivity index (χ2v) is 5.04. The molecule has 0 N–H and O–H groups in total. The summed E-state index contributed by atoms with van der Waals surface area (Å²) in [5, 5.41) is 3.84. The van der Waals surface area contributed by atoms with E-state index in [4.69, 9.17) is 4.52 Å². The molecule has 0 spiro atoms. The van der Waals surface area contributed by atoms with Crippen LogP contribution in [0.15, 0.2) is 26.4 Å². The maximum atomic E-state index is 12.2.